The SMILES string of the molecule is CC.COc1cccc(CN2C(=O)N(c3ccc(Br)cc3)CC23CCN(C(=O)C2CCC(F)(F)CC2)CC3)c1.COc1cccc(CN2C(=O)N(c3ccc(Br)cc3)CC23CCN(CC2CCC(F)(F)CC2)CC3)c1. The van der Waals surface area contributed by atoms with Crippen LogP contribution in [0.25, 0.3) is 0 Å². The fraction of sp³-hybridized carbons (Fsp3) is 0.534. The number of hydrogen-bond acceptors (Lipinski definition) is 6. The zero-order valence-corrected chi connectivity index (χ0v) is 46.9. The summed E-state index contributed by atoms with van der Waals surface area (Å²) < 4.78 is 67.1. The van der Waals surface area contributed by atoms with Gasteiger partial charge in [0.05, 0.1) is 38.4 Å². The van der Waals surface area contributed by atoms with Gasteiger partial charge in [-0.3, -0.25) is 14.6 Å². The second kappa shape index (κ2) is 24.2. The Bertz CT molecular complexity index is 2560. The monoisotopic (exact) mass is 1170 g/mol. The molecule has 2 saturated carbocycles. The largest absolute Gasteiger partial charge is 0.497 e. The number of carbonyl (C=O) groups is 3. The van der Waals surface area contributed by atoms with Gasteiger partial charge in [-0.2, -0.15) is 0 Å². The van der Waals surface area contributed by atoms with Crippen molar-refractivity contribution in [1.29, 1.82) is 0 Å². The van der Waals surface area contributed by atoms with Gasteiger partial charge in [0.25, 0.3) is 0 Å². The van der Waals surface area contributed by atoms with Gasteiger partial charge in [-0.1, -0.05) is 70.0 Å². The molecule has 4 saturated heterocycles. The van der Waals surface area contributed by atoms with Crippen molar-refractivity contribution >= 4 is 61.2 Å². The van der Waals surface area contributed by atoms with Crippen LogP contribution in [0.3, 0.4) is 0 Å². The van der Waals surface area contributed by atoms with E-state index in [0.717, 1.165) is 75.4 Å². The second-order valence-electron chi connectivity index (χ2n) is 21.1. The molecule has 4 aromatic rings. The second-order valence-corrected chi connectivity index (χ2v) is 22.9. The lowest BCUT2D eigenvalue weighted by molar-refractivity contribution is -0.141. The molecule has 10 rings (SSSR count). The summed E-state index contributed by atoms with van der Waals surface area (Å²) in [5.74, 6) is -3.61. The summed E-state index contributed by atoms with van der Waals surface area (Å²) in [6, 6.07) is 31.2. The standard InChI is InChI=1S/C28H32BrF2N3O3.C28H34BrF2N3O2.C2H6/c1-37-24-4-2-3-20(17-24)18-34-26(36)33(23-7-5-22(29)6-8-23)19-27(34)13-15-32(16-14-27)25(35)21-9-11-28(30,31)12-10-21;1-36-25-4-2-3-22(17-25)19-34-26(35)33(24-7-5-23(29)6-8-24)20-27(34)13-15-32(16-14-27)18-21-9-11-28(30,31)12-10-21;1-2/h2-8,17,21H,9-16,18-19H2,1H3;2-8,17,21H,9-16,18-20H2,1H3;1-2H3. The number of benzene rings is 4. The predicted octanol–water partition coefficient (Wildman–Crippen LogP) is 13.7. The number of methoxy groups -OCH3 is 2. The first-order valence-electron chi connectivity index (χ1n) is 26.7. The van der Waals surface area contributed by atoms with Crippen LogP contribution in [0, 0.1) is 11.8 Å². The minimum absolute atomic E-state index is 0.0143. The van der Waals surface area contributed by atoms with Crippen LogP contribution in [-0.2, 0) is 17.9 Å². The van der Waals surface area contributed by atoms with E-state index in [4.69, 9.17) is 9.47 Å². The number of urea groups is 2. The molecule has 4 aromatic carbocycles. The Hall–Kier alpha value is -4.87. The first kappa shape index (κ1) is 56.3. The molecule has 0 atom stereocenters. The highest BCUT2D eigenvalue weighted by molar-refractivity contribution is 9.10. The minimum Gasteiger partial charge on any atom is -0.497 e. The van der Waals surface area contributed by atoms with Gasteiger partial charge in [-0.25, -0.2) is 27.2 Å². The van der Waals surface area contributed by atoms with E-state index in [-0.39, 0.29) is 68.0 Å². The molecular weight excluding hydrogens is 1100 g/mol. The van der Waals surface area contributed by atoms with Crippen molar-refractivity contribution in [1.82, 2.24) is 19.6 Å². The van der Waals surface area contributed by atoms with Crippen LogP contribution in [0.15, 0.2) is 106 Å². The summed E-state index contributed by atoms with van der Waals surface area (Å²) in [6.07, 6.45) is 4.32. The zero-order chi connectivity index (χ0) is 53.5. The van der Waals surface area contributed by atoms with Crippen molar-refractivity contribution in [3.8, 4) is 11.5 Å². The van der Waals surface area contributed by atoms with E-state index in [0.29, 0.717) is 70.9 Å². The maximum absolute atomic E-state index is 13.8. The highest BCUT2D eigenvalue weighted by atomic mass is 79.9. The molecule has 6 aliphatic rings. The van der Waals surface area contributed by atoms with Crippen LogP contribution in [-0.4, -0.2) is 121 Å². The molecule has 6 fully saturated rings. The van der Waals surface area contributed by atoms with Crippen LogP contribution in [0.1, 0.15) is 102 Å². The van der Waals surface area contributed by atoms with Crippen molar-refractivity contribution < 1.29 is 41.4 Å². The molecule has 0 aromatic heterocycles. The highest BCUT2D eigenvalue weighted by Gasteiger charge is 2.53. The number of carbonyl (C=O) groups excluding carboxylic acids is 3. The number of rotatable bonds is 11. The van der Waals surface area contributed by atoms with Gasteiger partial charge in [-0.15, -0.1) is 0 Å². The molecule has 17 heteroatoms. The van der Waals surface area contributed by atoms with Crippen molar-refractivity contribution in [3.63, 3.8) is 0 Å². The molecular formula is C58H72Br2F4N6O5. The first-order chi connectivity index (χ1) is 36.0. The number of nitrogens with zero attached hydrogens (tertiary/aromatic N) is 6. The van der Waals surface area contributed by atoms with Crippen LogP contribution in [0.5, 0.6) is 11.5 Å². The Labute approximate surface area is 457 Å². The number of ether oxygens (including phenoxy) is 2. The zero-order valence-electron chi connectivity index (χ0n) is 43.7. The van der Waals surface area contributed by atoms with Crippen LogP contribution in [0.2, 0.25) is 0 Å². The first-order valence-corrected chi connectivity index (χ1v) is 28.3. The Morgan fingerprint density at radius 1 is 0.573 bits per heavy atom. The summed E-state index contributed by atoms with van der Waals surface area (Å²) in [4.78, 5) is 52.8. The van der Waals surface area contributed by atoms with Gasteiger partial charge in [-0.05, 0) is 141 Å². The van der Waals surface area contributed by atoms with E-state index in [1.165, 1.54) is 0 Å². The fourth-order valence-corrected chi connectivity index (χ4v) is 12.5. The van der Waals surface area contributed by atoms with E-state index in [1.54, 1.807) is 14.2 Å². The van der Waals surface area contributed by atoms with Crippen molar-refractivity contribution in [3.05, 3.63) is 117 Å². The van der Waals surface area contributed by atoms with Crippen molar-refractivity contribution in [2.45, 2.75) is 127 Å². The molecule has 2 aliphatic carbocycles. The van der Waals surface area contributed by atoms with Crippen LogP contribution >= 0.6 is 31.9 Å². The molecule has 4 aliphatic heterocycles. The van der Waals surface area contributed by atoms with E-state index >= 15 is 0 Å². The van der Waals surface area contributed by atoms with E-state index in [1.807, 2.05) is 131 Å². The smallest absolute Gasteiger partial charge is 0.325 e. The molecule has 0 unspecified atom stereocenters. The Morgan fingerprint density at radius 2 is 0.973 bits per heavy atom. The van der Waals surface area contributed by atoms with E-state index < -0.39 is 17.4 Å². The van der Waals surface area contributed by atoms with E-state index in [2.05, 4.69) is 41.7 Å². The normalized spacial score (nSPS) is 21.4. The predicted molar refractivity (Wildman–Crippen MR) is 293 cm³/mol. The molecule has 5 amide bonds. The number of piperidine rings is 2. The molecule has 2 spiro atoms. The Balaban J connectivity index is 0.000000193. The Morgan fingerprint density at radius 3 is 1.39 bits per heavy atom. The lowest BCUT2D eigenvalue weighted by atomic mass is 9.83. The van der Waals surface area contributed by atoms with Gasteiger partial charge in [0.2, 0.25) is 17.8 Å². The van der Waals surface area contributed by atoms with Crippen molar-refractivity contribution in [2.75, 3.05) is 69.8 Å². The number of halogens is 6. The quantitative estimate of drug-likeness (QED) is 0.139. The molecule has 0 bridgehead atoms. The maximum Gasteiger partial charge on any atom is 0.325 e. The number of hydrogen-bond donors (Lipinski definition) is 0. The van der Waals surface area contributed by atoms with Gasteiger partial charge >= 0.3 is 12.1 Å². The third kappa shape index (κ3) is 13.3. The molecule has 11 nitrogen and oxygen atoms in total. The summed E-state index contributed by atoms with van der Waals surface area (Å²) in [6.45, 7) is 9.83. The highest BCUT2D eigenvalue weighted by Crippen LogP contribution is 2.44. The summed E-state index contributed by atoms with van der Waals surface area (Å²) in [5.41, 5.74) is 3.08. The molecule has 0 radical (unpaired) electrons. The topological polar surface area (TPSA) is 89.1 Å². The van der Waals surface area contributed by atoms with Gasteiger partial charge < -0.3 is 29.1 Å². The average molecular weight is 1170 g/mol. The third-order valence-corrected chi connectivity index (χ3v) is 17.5. The third-order valence-electron chi connectivity index (χ3n) is 16.4. The fourth-order valence-electron chi connectivity index (χ4n) is 12.0. The molecule has 0 N–H and O–H groups in total. The lowest BCUT2D eigenvalue weighted by Crippen LogP contribution is -2.56. The number of alkyl halides is 4. The van der Waals surface area contributed by atoms with E-state index in [9.17, 15) is 31.9 Å². The summed E-state index contributed by atoms with van der Waals surface area (Å²) in [5, 5.41) is 0. The average Bonchev–Trinajstić information content (AvgIpc) is 3.83. The molecule has 4 heterocycles. The number of likely N-dealkylation sites (tertiary alicyclic amines) is 2. The van der Waals surface area contributed by atoms with Crippen LogP contribution in [0.4, 0.5) is 38.5 Å². The van der Waals surface area contributed by atoms with Crippen LogP contribution < -0.4 is 19.3 Å². The van der Waals surface area contributed by atoms with Gasteiger partial charge in [0.15, 0.2) is 0 Å². The molecule has 406 valence electrons. The number of anilines is 2. The lowest BCUT2D eigenvalue weighted by Gasteiger charge is -2.45. The minimum atomic E-state index is -2.65. The summed E-state index contributed by atoms with van der Waals surface area (Å²) >= 11 is 6.95. The Kier molecular flexibility index (Phi) is 18.2. The summed E-state index contributed by atoms with van der Waals surface area (Å²) in [7, 11) is 3.27. The van der Waals surface area contributed by atoms with Gasteiger partial charge in [0.1, 0.15) is 11.5 Å². The maximum atomic E-state index is 13.8. The molecule has 75 heavy (non-hydrogen) atoms. The van der Waals surface area contributed by atoms with Gasteiger partial charge in [0, 0.05) is 97.7 Å². The van der Waals surface area contributed by atoms with Crippen molar-refractivity contribution in [2.24, 2.45) is 11.8 Å². The number of amides is 5.